The normalized spacial score (nSPS) is 21.1. The molecular formula is C29H37N5O5. The van der Waals surface area contributed by atoms with E-state index in [0.29, 0.717) is 42.9 Å². The molecule has 2 aromatic rings. The van der Waals surface area contributed by atoms with Crippen molar-refractivity contribution in [1.82, 2.24) is 10.2 Å². The minimum Gasteiger partial charge on any atom is -0.490 e. The summed E-state index contributed by atoms with van der Waals surface area (Å²) < 4.78 is 5.98. The molecule has 208 valence electrons. The van der Waals surface area contributed by atoms with Crippen LogP contribution in [0.1, 0.15) is 44.9 Å². The fourth-order valence-electron chi connectivity index (χ4n) is 5.73. The first-order valence-corrected chi connectivity index (χ1v) is 13.9. The van der Waals surface area contributed by atoms with Crippen LogP contribution in [-0.4, -0.2) is 66.4 Å². The summed E-state index contributed by atoms with van der Waals surface area (Å²) in [6.07, 6.45) is 6.17. The van der Waals surface area contributed by atoms with Crippen LogP contribution in [0.25, 0.3) is 0 Å². The Kier molecular flexibility index (Phi) is 8.39. The van der Waals surface area contributed by atoms with E-state index in [9.17, 15) is 19.5 Å². The zero-order chi connectivity index (χ0) is 27.2. The van der Waals surface area contributed by atoms with Crippen LogP contribution in [-0.2, 0) is 4.79 Å². The molecule has 1 unspecified atom stereocenters. The number of carbonyl (C=O) groups excluding carboxylic acids is 2. The Bertz CT molecular complexity index is 1150. The Morgan fingerprint density at radius 3 is 2.18 bits per heavy atom. The third kappa shape index (κ3) is 6.93. The minimum absolute atomic E-state index is 0.199. The van der Waals surface area contributed by atoms with Crippen LogP contribution in [0.5, 0.6) is 5.75 Å². The quantitative estimate of drug-likeness (QED) is 0.387. The second kappa shape index (κ2) is 12.3. The van der Waals surface area contributed by atoms with E-state index in [2.05, 4.69) is 20.9 Å². The van der Waals surface area contributed by atoms with Crippen LogP contribution in [0.3, 0.4) is 0 Å². The van der Waals surface area contributed by atoms with Crippen LogP contribution >= 0.6 is 0 Å². The molecule has 2 atom stereocenters. The smallest absolute Gasteiger partial charge is 0.407 e. The summed E-state index contributed by atoms with van der Waals surface area (Å²) in [7, 11) is 0. The first kappa shape index (κ1) is 26.6. The molecule has 5 rings (SSSR count). The summed E-state index contributed by atoms with van der Waals surface area (Å²) in [4.78, 5) is 39.8. The summed E-state index contributed by atoms with van der Waals surface area (Å²) in [6.45, 7) is 2.63. The molecule has 0 bridgehead atoms. The van der Waals surface area contributed by atoms with Crippen molar-refractivity contribution in [3.8, 4) is 5.75 Å². The molecule has 10 nitrogen and oxygen atoms in total. The molecule has 3 fully saturated rings. The largest absolute Gasteiger partial charge is 0.490 e. The van der Waals surface area contributed by atoms with Gasteiger partial charge in [0.1, 0.15) is 11.8 Å². The molecule has 2 heterocycles. The van der Waals surface area contributed by atoms with Crippen LogP contribution in [0.2, 0.25) is 0 Å². The molecule has 0 radical (unpaired) electrons. The lowest BCUT2D eigenvalue weighted by Gasteiger charge is -2.22. The van der Waals surface area contributed by atoms with Crippen molar-refractivity contribution in [2.75, 3.05) is 41.7 Å². The number of hydrogen-bond acceptors (Lipinski definition) is 5. The van der Waals surface area contributed by atoms with Gasteiger partial charge in [0, 0.05) is 43.2 Å². The van der Waals surface area contributed by atoms with Gasteiger partial charge in [-0.25, -0.2) is 9.59 Å². The van der Waals surface area contributed by atoms with E-state index >= 15 is 0 Å². The molecule has 4 amide bonds. The van der Waals surface area contributed by atoms with E-state index in [-0.39, 0.29) is 11.9 Å². The van der Waals surface area contributed by atoms with Crippen molar-refractivity contribution in [1.29, 1.82) is 0 Å². The number of ether oxygens (including phenoxy) is 1. The second-order valence-electron chi connectivity index (χ2n) is 10.7. The lowest BCUT2D eigenvalue weighted by molar-refractivity contribution is -0.125. The summed E-state index contributed by atoms with van der Waals surface area (Å²) in [5.74, 6) is 0.927. The maximum absolute atomic E-state index is 12.5. The fourth-order valence-corrected chi connectivity index (χ4v) is 5.73. The number of benzene rings is 2. The average molecular weight is 536 g/mol. The van der Waals surface area contributed by atoms with E-state index in [4.69, 9.17) is 4.74 Å². The molecule has 10 heteroatoms. The maximum atomic E-state index is 12.5. The summed E-state index contributed by atoms with van der Waals surface area (Å²) in [5, 5.41) is 17.9. The van der Waals surface area contributed by atoms with E-state index < -0.39 is 12.1 Å². The molecular weight excluding hydrogens is 498 g/mol. The number of urea groups is 1. The fraction of sp³-hybridized carbons (Fsp3) is 0.483. The summed E-state index contributed by atoms with van der Waals surface area (Å²) >= 11 is 0. The highest BCUT2D eigenvalue weighted by Crippen LogP contribution is 2.27. The van der Waals surface area contributed by atoms with Gasteiger partial charge in [-0.1, -0.05) is 0 Å². The van der Waals surface area contributed by atoms with Crippen molar-refractivity contribution in [3.63, 3.8) is 0 Å². The van der Waals surface area contributed by atoms with E-state index in [0.717, 1.165) is 50.2 Å². The monoisotopic (exact) mass is 535 g/mol. The number of carboxylic acid groups (broad SMARTS) is 1. The summed E-state index contributed by atoms with van der Waals surface area (Å²) in [5.41, 5.74) is 2.45. The van der Waals surface area contributed by atoms with Crippen LogP contribution in [0.15, 0.2) is 48.5 Å². The predicted octanol–water partition coefficient (Wildman–Crippen LogP) is 4.74. The van der Waals surface area contributed by atoms with Gasteiger partial charge in [0.25, 0.3) is 0 Å². The lowest BCUT2D eigenvalue weighted by Crippen LogP contribution is -2.46. The molecule has 3 aliphatic rings. The van der Waals surface area contributed by atoms with Gasteiger partial charge in [-0.3, -0.25) is 9.69 Å². The van der Waals surface area contributed by atoms with Gasteiger partial charge in [-0.15, -0.1) is 0 Å². The number of amides is 4. The zero-order valence-electron chi connectivity index (χ0n) is 22.1. The molecule has 2 saturated heterocycles. The first-order valence-electron chi connectivity index (χ1n) is 13.9. The summed E-state index contributed by atoms with van der Waals surface area (Å²) in [6, 6.07) is 14.3. The Hall–Kier alpha value is -3.95. The Morgan fingerprint density at radius 1 is 0.846 bits per heavy atom. The van der Waals surface area contributed by atoms with Crippen molar-refractivity contribution in [3.05, 3.63) is 48.5 Å². The van der Waals surface area contributed by atoms with Crippen molar-refractivity contribution < 1.29 is 24.2 Å². The van der Waals surface area contributed by atoms with Gasteiger partial charge in [-0.05, 0) is 99.4 Å². The van der Waals surface area contributed by atoms with Crippen LogP contribution in [0.4, 0.5) is 26.7 Å². The number of rotatable bonds is 8. The van der Waals surface area contributed by atoms with E-state index in [1.165, 1.54) is 17.7 Å². The number of hydrogen-bond donors (Lipinski definition) is 4. The highest BCUT2D eigenvalue weighted by atomic mass is 16.5. The number of nitrogens with one attached hydrogen (secondary N) is 3. The van der Waals surface area contributed by atoms with Gasteiger partial charge in [0.15, 0.2) is 0 Å². The third-order valence-electron chi connectivity index (χ3n) is 7.86. The molecule has 2 aliphatic heterocycles. The highest BCUT2D eigenvalue weighted by Gasteiger charge is 2.34. The number of nitrogens with zero attached hydrogens (tertiary/aromatic N) is 2. The molecule has 1 saturated carbocycles. The topological polar surface area (TPSA) is 123 Å². The standard InChI is InChI=1S/C29H37N5O5/c35-27(26-6-3-16-34(26)29(37)38)30-18-20-15-17-33(19-20)23-11-7-21(8-12-23)31-28(36)32-22-9-13-25(14-10-22)39-24-4-1-2-5-24/h7-14,20,24,26H,1-6,15-19H2,(H,30,35)(H,37,38)(H2,31,32,36)/t20?,26-/m1/s1. The van der Waals surface area contributed by atoms with E-state index in [1.807, 2.05) is 48.5 Å². The highest BCUT2D eigenvalue weighted by molar-refractivity contribution is 5.99. The number of carbonyl (C=O) groups is 3. The van der Waals surface area contributed by atoms with Crippen LogP contribution in [0, 0.1) is 5.92 Å². The van der Waals surface area contributed by atoms with Gasteiger partial charge >= 0.3 is 12.1 Å². The number of likely N-dealkylation sites (tertiary alicyclic amines) is 1. The van der Waals surface area contributed by atoms with Gasteiger partial charge in [0.05, 0.1) is 6.10 Å². The molecule has 4 N–H and O–H groups in total. The van der Waals surface area contributed by atoms with Gasteiger partial charge in [-0.2, -0.15) is 0 Å². The van der Waals surface area contributed by atoms with Crippen molar-refractivity contribution in [2.24, 2.45) is 5.92 Å². The minimum atomic E-state index is -1.03. The molecule has 2 aromatic carbocycles. The lowest BCUT2D eigenvalue weighted by atomic mass is 10.1. The van der Waals surface area contributed by atoms with Crippen molar-refractivity contribution in [2.45, 2.75) is 57.1 Å². The molecule has 39 heavy (non-hydrogen) atoms. The molecule has 1 aliphatic carbocycles. The van der Waals surface area contributed by atoms with E-state index in [1.54, 1.807) is 0 Å². The Morgan fingerprint density at radius 2 is 1.51 bits per heavy atom. The third-order valence-corrected chi connectivity index (χ3v) is 7.86. The molecule has 0 aromatic heterocycles. The van der Waals surface area contributed by atoms with Crippen molar-refractivity contribution >= 4 is 35.1 Å². The SMILES string of the molecule is O=C(Nc1ccc(OC2CCCC2)cc1)Nc1ccc(N2CCC(CNC(=O)[C@H]3CCCN3C(=O)O)C2)cc1. The Labute approximate surface area is 228 Å². The predicted molar refractivity (Wildman–Crippen MR) is 149 cm³/mol. The molecule has 0 spiro atoms. The Balaban J connectivity index is 1.05. The van der Waals surface area contributed by atoms with Crippen LogP contribution < -0.4 is 25.6 Å². The van der Waals surface area contributed by atoms with Gasteiger partial charge in [0.2, 0.25) is 5.91 Å². The second-order valence-corrected chi connectivity index (χ2v) is 10.7. The first-order chi connectivity index (χ1) is 18.9. The number of anilines is 3. The zero-order valence-corrected chi connectivity index (χ0v) is 22.1. The average Bonchev–Trinajstić information content (AvgIpc) is 3.71. The maximum Gasteiger partial charge on any atom is 0.407 e. The van der Waals surface area contributed by atoms with Gasteiger partial charge < -0.3 is 30.7 Å².